The normalized spacial score (nSPS) is 11.7. The summed E-state index contributed by atoms with van der Waals surface area (Å²) in [5.41, 5.74) is 26.6. The molecule has 0 aliphatic rings. The Hall–Kier alpha value is -17.6. The minimum Gasteiger partial charge on any atom is -0.456 e. The summed E-state index contributed by atoms with van der Waals surface area (Å²) in [6.45, 7) is 0. The first-order chi connectivity index (χ1) is 65.6. The summed E-state index contributed by atoms with van der Waals surface area (Å²) in [6, 6.07) is 149. The van der Waals surface area contributed by atoms with Gasteiger partial charge in [0.25, 0.3) is 0 Å². The van der Waals surface area contributed by atoms with E-state index in [1.807, 2.05) is 182 Å². The fourth-order valence-electron chi connectivity index (χ4n) is 19.7. The van der Waals surface area contributed by atoms with E-state index in [0.717, 1.165) is 209 Å². The van der Waals surface area contributed by atoms with Crippen molar-refractivity contribution in [3.05, 3.63) is 468 Å². The summed E-state index contributed by atoms with van der Waals surface area (Å²) in [7, 11) is 0. The molecule has 0 aliphatic carbocycles. The van der Waals surface area contributed by atoms with Gasteiger partial charge < -0.3 is 26.5 Å². The van der Waals surface area contributed by atoms with Crippen LogP contribution in [-0.2, 0) is 0 Å². The van der Waals surface area contributed by atoms with E-state index < -0.39 is 0 Å². The van der Waals surface area contributed by atoms with Gasteiger partial charge in [-0.15, -0.1) is 11.3 Å². The van der Waals surface area contributed by atoms with E-state index in [1.54, 1.807) is 11.3 Å². The molecule has 0 amide bonds. The van der Waals surface area contributed by atoms with E-state index in [4.69, 9.17) is 26.5 Å². The Morgan fingerprint density at radius 2 is 0.451 bits per heavy atom. The van der Waals surface area contributed by atoms with Gasteiger partial charge in [-0.1, -0.05) is 309 Å². The van der Waals surface area contributed by atoms with Gasteiger partial charge in [0, 0.05) is 85.0 Å². The summed E-state index contributed by atoms with van der Waals surface area (Å²) in [6.07, 6.45) is 0. The van der Waals surface area contributed by atoms with Crippen LogP contribution in [0.2, 0.25) is 0 Å². The zero-order valence-corrected chi connectivity index (χ0v) is 72.0. The molecule has 0 saturated heterocycles. The van der Waals surface area contributed by atoms with Crippen LogP contribution in [0.3, 0.4) is 0 Å². The van der Waals surface area contributed by atoms with Crippen molar-refractivity contribution >= 4 is 163 Å². The van der Waals surface area contributed by atoms with Crippen molar-refractivity contribution in [3.8, 4) is 111 Å². The lowest BCUT2D eigenvalue weighted by Gasteiger charge is -2.13. The topological polar surface area (TPSA) is 130 Å². The van der Waals surface area contributed by atoms with Crippen LogP contribution in [0, 0.1) is 0 Å². The molecule has 0 spiro atoms. The van der Waals surface area contributed by atoms with Gasteiger partial charge >= 0.3 is 16.9 Å². The Kier molecular flexibility index (Phi) is 18.7. The lowest BCUT2D eigenvalue weighted by molar-refractivity contribution is 0.569. The van der Waals surface area contributed by atoms with E-state index in [9.17, 15) is 14.4 Å². The molecule has 7 aromatic heterocycles. The molecule has 624 valence electrons. The van der Waals surface area contributed by atoms with Gasteiger partial charge in [-0.25, -0.2) is 14.4 Å². The minimum atomic E-state index is -0.358. The van der Waals surface area contributed by atoms with Crippen LogP contribution in [0.25, 0.3) is 262 Å². The summed E-state index contributed by atoms with van der Waals surface area (Å²) in [5, 5.41) is 15.8. The number of hydrogen-bond donors (Lipinski definition) is 0. The average molecular weight is 1730 g/mol. The number of hydrogen-bond acceptors (Lipinski definition) is 10. The predicted molar refractivity (Wildman–Crippen MR) is 549 cm³/mol. The van der Waals surface area contributed by atoms with E-state index in [1.165, 1.54) is 20.2 Å². The second-order valence-electron chi connectivity index (χ2n) is 33.7. The molecular formula is C123H72O9S. The number of fused-ring (bicyclic) bond motifs is 21. The smallest absolute Gasteiger partial charge is 0.344 e. The SMILES string of the molecule is O=c1oc2cc(-c3cc(-c4ccccc4)cc(-c4ccccc4)c3)ccc2c2ccc(-c3ccc4oc5ccccc5c4c3)cc12.O=c1oc2cc(-c3cc(-c4ccccc4)cc(-c4ccccc4)c3)ccc2c2cccc(-c3cccc4oc5ccccc5c34)c12.O=c1oc2cc(-c3cccc4oc5ccccc5c34)ccc2c2cccc(-c3cccc4c3sc3ccccc34)c12. The molecular weight excluding hydrogens is 1650 g/mol. The standard InChI is InChI=1S/2C43H26O3.C37H20O3S/c44-43-42-34(16-9-17-36(42)35-18-10-20-39-41(35)37-15-7-8-19-38(37)45-39)33-22-21-29(26-40(33)46-43)32-24-30(27-11-3-1-4-12-27)23-31(25-32)28-13-5-2-6-14-28;44-43-39-25-29(30-17-20-41-38(24-30)36-13-7-8-14-40(36)45-41)15-18-35(39)37-19-16-31(26-42(37)46-43)34-22-32(27-9-3-1-4-10-27)21-33(23-34)28-11-5-2-6-12-28;38-37-35-25(11-5-12-26(35)28-14-6-13-27-24-8-2-4-17-33(24)41-36(27)28)23-19-18-21(20-32(23)40-37)22-10-7-16-31-34(22)29-9-1-3-15-30(29)39-31/h2*1-26H;1-20H. The van der Waals surface area contributed by atoms with Gasteiger partial charge in [0.1, 0.15) is 50.2 Å². The zero-order chi connectivity index (χ0) is 88.3. The van der Waals surface area contributed by atoms with Crippen LogP contribution >= 0.6 is 11.3 Å². The maximum Gasteiger partial charge on any atom is 0.344 e. The first-order valence-corrected chi connectivity index (χ1v) is 45.1. The highest BCUT2D eigenvalue weighted by Gasteiger charge is 2.24. The van der Waals surface area contributed by atoms with E-state index >= 15 is 0 Å². The Balaban J connectivity index is 0.000000107. The van der Waals surface area contributed by atoms with E-state index in [2.05, 4.69) is 255 Å². The lowest BCUT2D eigenvalue weighted by atomic mass is 9.92. The fourth-order valence-corrected chi connectivity index (χ4v) is 20.9. The molecule has 7 heterocycles. The highest BCUT2D eigenvalue weighted by molar-refractivity contribution is 7.26. The van der Waals surface area contributed by atoms with Crippen LogP contribution in [0.1, 0.15) is 0 Å². The molecule has 0 aliphatic heterocycles. The van der Waals surface area contributed by atoms with Crippen molar-refractivity contribution in [3.63, 3.8) is 0 Å². The van der Waals surface area contributed by atoms with Crippen LogP contribution in [0.4, 0.5) is 0 Å². The Morgan fingerprint density at radius 3 is 0.962 bits per heavy atom. The van der Waals surface area contributed by atoms with Gasteiger partial charge in [0.15, 0.2) is 0 Å². The number of furan rings is 3. The number of rotatable bonds is 10. The molecule has 0 unspecified atom stereocenters. The molecule has 9 nitrogen and oxygen atoms in total. The highest BCUT2D eigenvalue weighted by atomic mass is 32.1. The van der Waals surface area contributed by atoms with Gasteiger partial charge in [0.05, 0.1) is 16.2 Å². The molecule has 0 saturated carbocycles. The van der Waals surface area contributed by atoms with Gasteiger partial charge in [-0.05, 0) is 238 Å². The summed E-state index contributed by atoms with van der Waals surface area (Å²) >= 11 is 1.76. The molecule has 20 aromatic carbocycles. The Bertz CT molecular complexity index is 9490. The van der Waals surface area contributed by atoms with Crippen molar-refractivity contribution in [1.29, 1.82) is 0 Å². The maximum atomic E-state index is 13.9. The molecule has 27 rings (SSSR count). The third-order valence-corrected chi connectivity index (χ3v) is 27.2. The Morgan fingerprint density at radius 1 is 0.143 bits per heavy atom. The second-order valence-corrected chi connectivity index (χ2v) is 34.8. The molecule has 10 heteroatoms. The first-order valence-electron chi connectivity index (χ1n) is 44.3. The molecule has 133 heavy (non-hydrogen) atoms. The van der Waals surface area contributed by atoms with Gasteiger partial charge in [-0.2, -0.15) is 0 Å². The van der Waals surface area contributed by atoms with Gasteiger partial charge in [0.2, 0.25) is 0 Å². The molecule has 0 fully saturated rings. The maximum absolute atomic E-state index is 13.9. The van der Waals surface area contributed by atoms with Crippen LogP contribution in [-0.4, -0.2) is 0 Å². The van der Waals surface area contributed by atoms with Gasteiger partial charge in [-0.3, -0.25) is 0 Å². The van der Waals surface area contributed by atoms with Crippen LogP contribution in [0.15, 0.2) is 478 Å². The monoisotopic (exact) mass is 1720 g/mol. The number of thiophene rings is 1. The molecule has 0 N–H and O–H groups in total. The molecule has 0 atom stereocenters. The summed E-state index contributed by atoms with van der Waals surface area (Å²) in [5.74, 6) is 0. The van der Waals surface area contributed by atoms with Crippen molar-refractivity contribution in [2.75, 3.05) is 0 Å². The third kappa shape index (κ3) is 13.7. The van der Waals surface area contributed by atoms with E-state index in [-0.39, 0.29) is 16.9 Å². The van der Waals surface area contributed by atoms with Crippen LogP contribution < -0.4 is 16.9 Å². The first kappa shape index (κ1) is 77.7. The van der Waals surface area contributed by atoms with Crippen molar-refractivity contribution in [2.45, 2.75) is 0 Å². The third-order valence-electron chi connectivity index (χ3n) is 26.0. The average Bonchev–Trinajstić information content (AvgIpc) is 1.72. The fraction of sp³-hybridized carbons (Fsp3) is 0. The van der Waals surface area contributed by atoms with Crippen molar-refractivity contribution in [1.82, 2.24) is 0 Å². The quantitative estimate of drug-likeness (QED) is 0.0970. The summed E-state index contributed by atoms with van der Waals surface area (Å²) < 4.78 is 38.9. The minimum absolute atomic E-state index is 0.328. The Labute approximate surface area is 763 Å². The van der Waals surface area contributed by atoms with Crippen LogP contribution in [0.5, 0.6) is 0 Å². The van der Waals surface area contributed by atoms with E-state index in [0.29, 0.717) is 32.9 Å². The zero-order valence-electron chi connectivity index (χ0n) is 71.2. The largest absolute Gasteiger partial charge is 0.456 e. The lowest BCUT2D eigenvalue weighted by Crippen LogP contribution is -2.02. The predicted octanol–water partition coefficient (Wildman–Crippen LogP) is 33.6. The second kappa shape index (κ2) is 32.0. The molecule has 0 bridgehead atoms. The number of para-hydroxylation sites is 3. The molecule has 27 aromatic rings. The van der Waals surface area contributed by atoms with Crippen molar-refractivity contribution in [2.24, 2.45) is 0 Å². The highest BCUT2D eigenvalue weighted by Crippen LogP contribution is 2.47. The number of benzene rings is 20. The molecule has 0 radical (unpaired) electrons. The summed E-state index contributed by atoms with van der Waals surface area (Å²) in [4.78, 5) is 41.0. The van der Waals surface area contributed by atoms with Crippen molar-refractivity contribution < 1.29 is 26.5 Å².